The van der Waals surface area contributed by atoms with Crippen molar-refractivity contribution in [1.82, 2.24) is 9.55 Å². The lowest BCUT2D eigenvalue weighted by Crippen LogP contribution is -2.26. The fourth-order valence-electron chi connectivity index (χ4n) is 2.08. The van der Waals surface area contributed by atoms with E-state index in [0.717, 1.165) is 36.1 Å². The van der Waals surface area contributed by atoms with Crippen molar-refractivity contribution in [1.29, 1.82) is 0 Å². The first kappa shape index (κ1) is 11.1. The molecule has 0 radical (unpaired) electrons. The minimum Gasteiger partial charge on any atom is -0.384 e. The summed E-state index contributed by atoms with van der Waals surface area (Å²) >= 11 is 3.49. The maximum Gasteiger partial charge on any atom is 0.127 e. The Hall–Kier alpha value is -0.390. The van der Waals surface area contributed by atoms with Gasteiger partial charge in [-0.1, -0.05) is 0 Å². The molecule has 4 nitrogen and oxygen atoms in total. The fraction of sp³-hybridized carbons (Fsp3) is 0.700. The van der Waals surface area contributed by atoms with Crippen molar-refractivity contribution in [2.75, 3.05) is 13.7 Å². The van der Waals surface area contributed by atoms with Gasteiger partial charge in [0.25, 0.3) is 0 Å². The summed E-state index contributed by atoms with van der Waals surface area (Å²) in [6.07, 6.45) is 4.15. The molecule has 0 bridgehead atoms. The van der Waals surface area contributed by atoms with Crippen LogP contribution in [0.1, 0.15) is 30.5 Å². The van der Waals surface area contributed by atoms with Gasteiger partial charge in [0, 0.05) is 13.5 Å². The first-order valence-electron chi connectivity index (χ1n) is 5.24. The number of hydrogen-bond donors (Lipinski definition) is 1. The molecule has 0 saturated heterocycles. The van der Waals surface area contributed by atoms with Gasteiger partial charge in [0.05, 0.1) is 18.5 Å². The molecule has 1 aromatic rings. The molecule has 2 N–H and O–H groups in total. The largest absolute Gasteiger partial charge is 0.384 e. The zero-order chi connectivity index (χ0) is 10.8. The van der Waals surface area contributed by atoms with Crippen LogP contribution in [0.4, 0.5) is 0 Å². The summed E-state index contributed by atoms with van der Waals surface area (Å²) in [6, 6.07) is 0. The van der Waals surface area contributed by atoms with Crippen molar-refractivity contribution in [3.63, 3.8) is 0 Å². The quantitative estimate of drug-likeness (QED) is 0.911. The highest BCUT2D eigenvalue weighted by Crippen LogP contribution is 2.28. The molecule has 1 atom stereocenters. The van der Waals surface area contributed by atoms with Crippen molar-refractivity contribution in [3.05, 3.63) is 16.1 Å². The molecule has 15 heavy (non-hydrogen) atoms. The average Bonchev–Trinajstić information content (AvgIpc) is 2.55. The van der Waals surface area contributed by atoms with E-state index in [-0.39, 0.29) is 6.17 Å². The predicted molar refractivity (Wildman–Crippen MR) is 61.7 cm³/mol. The molecule has 1 aliphatic heterocycles. The highest BCUT2D eigenvalue weighted by molar-refractivity contribution is 9.10. The van der Waals surface area contributed by atoms with Gasteiger partial charge in [0.15, 0.2) is 0 Å². The number of methoxy groups -OCH3 is 1. The Morgan fingerprint density at radius 2 is 2.47 bits per heavy atom. The molecule has 5 heteroatoms. The maximum atomic E-state index is 6.09. The van der Waals surface area contributed by atoms with Crippen LogP contribution in [-0.2, 0) is 17.6 Å². The predicted octanol–water partition coefficient (Wildman–Crippen LogP) is 1.63. The summed E-state index contributed by atoms with van der Waals surface area (Å²) in [7, 11) is 1.70. The zero-order valence-corrected chi connectivity index (χ0v) is 10.5. The first-order valence-corrected chi connectivity index (χ1v) is 6.03. The van der Waals surface area contributed by atoms with E-state index in [1.54, 1.807) is 7.11 Å². The molecule has 0 aromatic carbocycles. The van der Waals surface area contributed by atoms with Crippen molar-refractivity contribution in [2.45, 2.75) is 31.8 Å². The van der Waals surface area contributed by atoms with Gasteiger partial charge in [-0.3, -0.25) is 0 Å². The number of nitrogens with two attached hydrogens (primary N) is 1. The van der Waals surface area contributed by atoms with Crippen molar-refractivity contribution >= 4 is 15.9 Å². The molecular formula is C10H16BrN3O. The second-order valence-electron chi connectivity index (χ2n) is 3.84. The van der Waals surface area contributed by atoms with E-state index >= 15 is 0 Å². The minimum absolute atomic E-state index is 0.0828. The number of aromatic nitrogens is 2. The van der Waals surface area contributed by atoms with Crippen LogP contribution in [0.3, 0.4) is 0 Å². The Labute approximate surface area is 97.9 Å². The van der Waals surface area contributed by atoms with Crippen LogP contribution < -0.4 is 5.73 Å². The van der Waals surface area contributed by atoms with Gasteiger partial charge in [-0.15, -0.1) is 0 Å². The molecule has 0 fully saturated rings. The Bertz CT molecular complexity index is 351. The summed E-state index contributed by atoms with van der Waals surface area (Å²) in [4.78, 5) is 4.50. The van der Waals surface area contributed by atoms with E-state index in [1.165, 1.54) is 5.69 Å². The van der Waals surface area contributed by atoms with Crippen LogP contribution in [0.25, 0.3) is 0 Å². The van der Waals surface area contributed by atoms with Gasteiger partial charge in [-0.25, -0.2) is 4.98 Å². The van der Waals surface area contributed by atoms with Gasteiger partial charge in [0.2, 0.25) is 0 Å². The third-order valence-corrected chi connectivity index (χ3v) is 3.44. The summed E-state index contributed by atoms with van der Waals surface area (Å²) in [6.45, 7) is 0.690. The molecular weight excluding hydrogens is 258 g/mol. The zero-order valence-electron chi connectivity index (χ0n) is 8.87. The van der Waals surface area contributed by atoms with E-state index in [4.69, 9.17) is 10.5 Å². The first-order chi connectivity index (χ1) is 7.24. The summed E-state index contributed by atoms with van der Waals surface area (Å²) in [5, 5.41) is 0. The summed E-state index contributed by atoms with van der Waals surface area (Å²) in [5.41, 5.74) is 7.33. The van der Waals surface area contributed by atoms with Crippen LogP contribution >= 0.6 is 15.9 Å². The van der Waals surface area contributed by atoms with Crippen LogP contribution in [0.15, 0.2) is 4.60 Å². The molecule has 0 saturated carbocycles. The second-order valence-corrected chi connectivity index (χ2v) is 4.59. The monoisotopic (exact) mass is 273 g/mol. The van der Waals surface area contributed by atoms with Gasteiger partial charge in [-0.2, -0.15) is 0 Å². The van der Waals surface area contributed by atoms with E-state index in [1.807, 2.05) is 0 Å². The molecule has 1 aliphatic rings. The minimum atomic E-state index is 0.0828. The van der Waals surface area contributed by atoms with Crippen LogP contribution in [0, 0.1) is 0 Å². The molecule has 0 spiro atoms. The Balaban J connectivity index is 2.30. The smallest absolute Gasteiger partial charge is 0.127 e. The lowest BCUT2D eigenvalue weighted by molar-refractivity contribution is 0.198. The fourth-order valence-corrected chi connectivity index (χ4v) is 2.67. The second kappa shape index (κ2) is 4.63. The number of halogens is 1. The maximum absolute atomic E-state index is 6.09. The molecule has 84 valence electrons. The van der Waals surface area contributed by atoms with Gasteiger partial charge < -0.3 is 15.0 Å². The summed E-state index contributed by atoms with van der Waals surface area (Å²) < 4.78 is 8.18. The van der Waals surface area contributed by atoms with Crippen molar-refractivity contribution in [3.8, 4) is 0 Å². The topological polar surface area (TPSA) is 53.1 Å². The van der Waals surface area contributed by atoms with Crippen molar-refractivity contribution in [2.24, 2.45) is 5.73 Å². The third-order valence-electron chi connectivity index (χ3n) is 2.81. The van der Waals surface area contributed by atoms with Gasteiger partial charge >= 0.3 is 0 Å². The molecule has 2 heterocycles. The van der Waals surface area contributed by atoms with E-state index in [0.29, 0.717) is 6.61 Å². The Morgan fingerprint density at radius 1 is 1.67 bits per heavy atom. The number of fused-ring (bicyclic) bond motifs is 1. The lowest BCUT2D eigenvalue weighted by Gasteiger charge is -2.23. The highest BCUT2D eigenvalue weighted by atomic mass is 79.9. The molecule has 2 rings (SSSR count). The number of hydrogen-bond acceptors (Lipinski definition) is 3. The van der Waals surface area contributed by atoms with Gasteiger partial charge in [0.1, 0.15) is 10.4 Å². The lowest BCUT2D eigenvalue weighted by atomic mass is 10.1. The van der Waals surface area contributed by atoms with Crippen LogP contribution in [0.5, 0.6) is 0 Å². The van der Waals surface area contributed by atoms with Crippen LogP contribution in [0.2, 0.25) is 0 Å². The van der Waals surface area contributed by atoms with Crippen molar-refractivity contribution < 1.29 is 4.74 Å². The molecule has 1 unspecified atom stereocenters. The number of imidazole rings is 1. The SMILES string of the molecule is COCCc1nc(Br)c2n1C(N)CCC2. The number of nitrogens with zero attached hydrogens (tertiary/aromatic N) is 2. The van der Waals surface area contributed by atoms with Crippen LogP contribution in [-0.4, -0.2) is 23.3 Å². The highest BCUT2D eigenvalue weighted by Gasteiger charge is 2.23. The Morgan fingerprint density at radius 3 is 3.20 bits per heavy atom. The van der Waals surface area contributed by atoms with E-state index < -0.39 is 0 Å². The van der Waals surface area contributed by atoms with Gasteiger partial charge in [-0.05, 0) is 35.2 Å². The Kier molecular flexibility index (Phi) is 3.43. The standard InChI is InChI=1S/C10H16BrN3O/c1-15-6-5-9-13-10(11)7-3-2-4-8(12)14(7)9/h8H,2-6,12H2,1H3. The average molecular weight is 274 g/mol. The van der Waals surface area contributed by atoms with E-state index in [2.05, 4.69) is 25.5 Å². The molecule has 0 aliphatic carbocycles. The van der Waals surface area contributed by atoms with E-state index in [9.17, 15) is 0 Å². The third kappa shape index (κ3) is 2.09. The molecule has 0 amide bonds. The number of ether oxygens (including phenoxy) is 1. The normalized spacial score (nSPS) is 20.3. The number of rotatable bonds is 3. The summed E-state index contributed by atoms with van der Waals surface area (Å²) in [5.74, 6) is 1.03. The molecule has 1 aromatic heterocycles.